The fourth-order valence-corrected chi connectivity index (χ4v) is 0. The molecule has 0 amide bonds. The maximum atomic E-state index is 4.84. The first-order chi connectivity index (χ1) is 4.18. The standard InChI is InChI=1S/C4H10.CH4N2S2.ClH/c1-3-4-2;2-1(4)3-5;/h3-4H2,1-2H3;5H,(H3,2,3,4);1H. The molecule has 10 heavy (non-hydrogen) atoms. The molecule has 0 fully saturated rings. The fraction of sp³-hybridized carbons (Fsp3) is 0.800. The van der Waals surface area contributed by atoms with Gasteiger partial charge >= 0.3 is 0 Å². The monoisotopic (exact) mass is 202 g/mol. The van der Waals surface area contributed by atoms with E-state index in [-0.39, 0.29) is 17.5 Å². The molecule has 0 saturated heterocycles. The number of nitrogens with one attached hydrogen (secondary N) is 1. The molecule has 0 aliphatic carbocycles. The Labute approximate surface area is 79.9 Å². The second-order valence-corrected chi connectivity index (χ2v) is 2.14. The van der Waals surface area contributed by atoms with Crippen molar-refractivity contribution in [3.05, 3.63) is 0 Å². The molecule has 0 aromatic carbocycles. The lowest BCUT2D eigenvalue weighted by Crippen LogP contribution is -2.19. The molecule has 0 radical (unpaired) electrons. The van der Waals surface area contributed by atoms with Gasteiger partial charge in [-0.3, -0.25) is 0 Å². The molecule has 0 saturated carbocycles. The van der Waals surface area contributed by atoms with Gasteiger partial charge in [0.05, 0.1) is 0 Å². The Morgan fingerprint density at radius 3 is 1.70 bits per heavy atom. The van der Waals surface area contributed by atoms with Crippen molar-refractivity contribution in [3.63, 3.8) is 0 Å². The van der Waals surface area contributed by atoms with Gasteiger partial charge in [-0.05, 0) is 12.2 Å². The molecular weight excluding hydrogens is 188 g/mol. The summed E-state index contributed by atoms with van der Waals surface area (Å²) < 4.78 is 2.23. The van der Waals surface area contributed by atoms with E-state index in [4.69, 9.17) is 5.73 Å². The highest BCUT2D eigenvalue weighted by Gasteiger charge is 1.67. The molecular formula is C5H15ClN2S2. The van der Waals surface area contributed by atoms with Gasteiger partial charge in [-0.15, -0.1) is 12.4 Å². The summed E-state index contributed by atoms with van der Waals surface area (Å²) >= 11 is 7.79. The van der Waals surface area contributed by atoms with Crippen molar-refractivity contribution < 1.29 is 0 Å². The number of thiol groups is 1. The van der Waals surface area contributed by atoms with Crippen molar-refractivity contribution in [1.82, 2.24) is 4.72 Å². The molecule has 0 heterocycles. The lowest BCUT2D eigenvalue weighted by atomic mass is 10.4. The highest BCUT2D eigenvalue weighted by molar-refractivity contribution is 7.84. The lowest BCUT2D eigenvalue weighted by Gasteiger charge is -1.83. The number of halogens is 1. The van der Waals surface area contributed by atoms with Crippen LogP contribution in [0.3, 0.4) is 0 Å². The summed E-state index contributed by atoms with van der Waals surface area (Å²) in [5.74, 6) is 0. The second kappa shape index (κ2) is 16.2. The maximum Gasteiger partial charge on any atom is 0.173 e. The second-order valence-electron chi connectivity index (χ2n) is 1.48. The van der Waals surface area contributed by atoms with Crippen molar-refractivity contribution >= 4 is 42.6 Å². The Balaban J connectivity index is -0.0000000910. The van der Waals surface area contributed by atoms with Gasteiger partial charge in [0.15, 0.2) is 5.11 Å². The number of rotatable bonds is 1. The zero-order valence-electron chi connectivity index (χ0n) is 6.26. The Kier molecular flexibility index (Phi) is 27.0. The first-order valence-electron chi connectivity index (χ1n) is 2.88. The molecule has 0 spiro atoms. The molecule has 0 aliphatic rings. The van der Waals surface area contributed by atoms with Crippen LogP contribution in [0.2, 0.25) is 0 Å². The number of unbranched alkanes of at least 4 members (excludes halogenated alkanes) is 1. The normalized spacial score (nSPS) is 6.30. The SMILES string of the molecule is CCCC.Cl.NC(=S)NS. The van der Waals surface area contributed by atoms with Gasteiger partial charge in [0, 0.05) is 0 Å². The minimum absolute atomic E-state index is 0. The van der Waals surface area contributed by atoms with E-state index in [9.17, 15) is 0 Å². The third kappa shape index (κ3) is 40.4. The van der Waals surface area contributed by atoms with E-state index < -0.39 is 0 Å². The minimum Gasteiger partial charge on any atom is -0.376 e. The predicted octanol–water partition coefficient (Wildman–Crippen LogP) is 1.89. The van der Waals surface area contributed by atoms with E-state index in [1.807, 2.05) is 0 Å². The minimum atomic E-state index is 0. The van der Waals surface area contributed by atoms with Crippen LogP contribution in [0.4, 0.5) is 0 Å². The molecule has 0 bridgehead atoms. The van der Waals surface area contributed by atoms with Crippen molar-refractivity contribution in [1.29, 1.82) is 0 Å². The topological polar surface area (TPSA) is 38.0 Å². The van der Waals surface area contributed by atoms with Gasteiger partial charge in [0.1, 0.15) is 0 Å². The van der Waals surface area contributed by atoms with Crippen molar-refractivity contribution in [2.45, 2.75) is 26.7 Å². The number of hydrogen-bond donors (Lipinski definition) is 3. The quantitative estimate of drug-likeness (QED) is 0.449. The predicted molar refractivity (Wildman–Crippen MR) is 56.7 cm³/mol. The Morgan fingerprint density at radius 1 is 1.50 bits per heavy atom. The van der Waals surface area contributed by atoms with Crippen molar-refractivity contribution in [2.75, 3.05) is 0 Å². The third-order valence-electron chi connectivity index (χ3n) is 0.610. The summed E-state index contributed by atoms with van der Waals surface area (Å²) in [6, 6.07) is 0. The zero-order chi connectivity index (χ0) is 7.70. The van der Waals surface area contributed by atoms with Gasteiger partial charge in [0.2, 0.25) is 0 Å². The highest BCUT2D eigenvalue weighted by atomic mass is 35.5. The van der Waals surface area contributed by atoms with E-state index in [2.05, 4.69) is 43.6 Å². The average Bonchev–Trinajstić information content (AvgIpc) is 1.89. The smallest absolute Gasteiger partial charge is 0.173 e. The molecule has 0 aromatic heterocycles. The van der Waals surface area contributed by atoms with Gasteiger partial charge in [-0.25, -0.2) is 0 Å². The molecule has 5 heteroatoms. The lowest BCUT2D eigenvalue weighted by molar-refractivity contribution is 0.886. The van der Waals surface area contributed by atoms with E-state index in [1.54, 1.807) is 0 Å². The summed E-state index contributed by atoms with van der Waals surface area (Å²) in [6.07, 6.45) is 2.64. The number of nitrogens with two attached hydrogens (primary N) is 1. The number of thiocarbonyl (C=S) groups is 1. The first-order valence-corrected chi connectivity index (χ1v) is 3.74. The zero-order valence-corrected chi connectivity index (χ0v) is 8.78. The van der Waals surface area contributed by atoms with Gasteiger partial charge < -0.3 is 10.5 Å². The van der Waals surface area contributed by atoms with E-state index in [1.165, 1.54) is 12.8 Å². The average molecular weight is 203 g/mol. The Bertz CT molecular complexity index is 68.7. The molecule has 2 nitrogen and oxygen atoms in total. The maximum absolute atomic E-state index is 4.84. The Hall–Kier alpha value is 0.330. The van der Waals surface area contributed by atoms with Crippen LogP contribution in [0.1, 0.15) is 26.7 Å². The molecule has 3 N–H and O–H groups in total. The van der Waals surface area contributed by atoms with Crippen molar-refractivity contribution in [2.24, 2.45) is 5.73 Å². The van der Waals surface area contributed by atoms with Crippen LogP contribution in [-0.4, -0.2) is 5.11 Å². The van der Waals surface area contributed by atoms with Crippen molar-refractivity contribution in [3.8, 4) is 0 Å². The van der Waals surface area contributed by atoms with Gasteiger partial charge in [0.25, 0.3) is 0 Å². The molecule has 0 unspecified atom stereocenters. The fourth-order valence-electron chi connectivity index (χ4n) is 0. The van der Waals surface area contributed by atoms with Crippen LogP contribution in [0.25, 0.3) is 0 Å². The molecule has 0 atom stereocenters. The summed E-state index contributed by atoms with van der Waals surface area (Å²) in [6.45, 7) is 4.36. The van der Waals surface area contributed by atoms with E-state index >= 15 is 0 Å². The first kappa shape index (κ1) is 16.7. The van der Waals surface area contributed by atoms with Crippen LogP contribution in [-0.2, 0) is 0 Å². The molecule has 0 aromatic rings. The van der Waals surface area contributed by atoms with Crippen LogP contribution in [0.15, 0.2) is 0 Å². The summed E-state index contributed by atoms with van der Waals surface area (Å²) in [5, 5.41) is 0.202. The molecule has 0 rings (SSSR count). The van der Waals surface area contributed by atoms with Crippen LogP contribution in [0.5, 0.6) is 0 Å². The van der Waals surface area contributed by atoms with E-state index in [0.717, 1.165) is 0 Å². The summed E-state index contributed by atoms with van der Waals surface area (Å²) in [5.41, 5.74) is 4.84. The van der Waals surface area contributed by atoms with Crippen LogP contribution >= 0.6 is 37.4 Å². The highest BCUT2D eigenvalue weighted by Crippen LogP contribution is 1.76. The molecule has 0 aliphatic heterocycles. The van der Waals surface area contributed by atoms with Gasteiger partial charge in [-0.2, -0.15) is 0 Å². The largest absolute Gasteiger partial charge is 0.376 e. The third-order valence-corrected chi connectivity index (χ3v) is 1.10. The van der Waals surface area contributed by atoms with Crippen LogP contribution in [0, 0.1) is 0 Å². The Morgan fingerprint density at radius 2 is 1.70 bits per heavy atom. The summed E-state index contributed by atoms with van der Waals surface area (Å²) in [4.78, 5) is 0. The van der Waals surface area contributed by atoms with Gasteiger partial charge in [-0.1, -0.05) is 39.5 Å². The van der Waals surface area contributed by atoms with E-state index in [0.29, 0.717) is 0 Å². The van der Waals surface area contributed by atoms with Crippen LogP contribution < -0.4 is 10.5 Å². The number of hydrogen-bond acceptors (Lipinski definition) is 2. The molecule has 64 valence electrons. The summed E-state index contributed by atoms with van der Waals surface area (Å²) in [7, 11) is 0.